The van der Waals surface area contributed by atoms with Crippen LogP contribution < -0.4 is 9.64 Å². The van der Waals surface area contributed by atoms with Crippen molar-refractivity contribution in [1.82, 2.24) is 14.9 Å². The number of nitrogens with zero attached hydrogens (tertiary/aromatic N) is 4. The van der Waals surface area contributed by atoms with Gasteiger partial charge in [-0.25, -0.2) is 14.4 Å². The highest BCUT2D eigenvalue weighted by Crippen LogP contribution is 2.30. The smallest absolute Gasteiger partial charge is 0.227 e. The molecule has 2 fully saturated rings. The number of amides is 1. The van der Waals surface area contributed by atoms with Crippen molar-refractivity contribution in [3.8, 4) is 5.75 Å². The van der Waals surface area contributed by atoms with E-state index in [1.54, 1.807) is 24.5 Å². The van der Waals surface area contributed by atoms with Crippen LogP contribution in [-0.2, 0) is 11.2 Å². The number of anilines is 1. The summed E-state index contributed by atoms with van der Waals surface area (Å²) in [5.74, 6) is 1.10. The van der Waals surface area contributed by atoms with Gasteiger partial charge in [0.05, 0.1) is 49.1 Å². The first-order chi connectivity index (χ1) is 16.9. The van der Waals surface area contributed by atoms with Gasteiger partial charge in [-0.05, 0) is 43.2 Å². The van der Waals surface area contributed by atoms with Crippen LogP contribution in [0.3, 0.4) is 0 Å². The van der Waals surface area contributed by atoms with Gasteiger partial charge in [-0.2, -0.15) is 0 Å². The summed E-state index contributed by atoms with van der Waals surface area (Å²) in [5, 5.41) is 19.2. The second-order valence-electron chi connectivity index (χ2n) is 9.62. The van der Waals surface area contributed by atoms with Crippen molar-refractivity contribution in [2.75, 3.05) is 50.9 Å². The largest absolute Gasteiger partial charge is 0.493 e. The maximum Gasteiger partial charge on any atom is 0.227 e. The van der Waals surface area contributed by atoms with Crippen molar-refractivity contribution < 1.29 is 24.1 Å². The molecule has 2 saturated heterocycles. The maximum absolute atomic E-state index is 14.5. The number of aromatic nitrogens is 2. The number of aliphatic hydroxyl groups is 2. The first-order valence-electron chi connectivity index (χ1n) is 12.0. The number of likely N-dealkylation sites (tertiary alicyclic amines) is 1. The lowest BCUT2D eigenvalue weighted by atomic mass is 9.81. The Balaban J connectivity index is 1.15. The van der Waals surface area contributed by atoms with Crippen LogP contribution in [0.1, 0.15) is 31.2 Å². The molecule has 0 unspecified atom stereocenters. The summed E-state index contributed by atoms with van der Waals surface area (Å²) >= 11 is 5.86. The normalized spacial score (nSPS) is 17.8. The molecule has 0 radical (unpaired) electrons. The van der Waals surface area contributed by atoms with Gasteiger partial charge >= 0.3 is 0 Å². The van der Waals surface area contributed by atoms with Gasteiger partial charge < -0.3 is 24.7 Å². The molecule has 0 atom stereocenters. The molecule has 35 heavy (non-hydrogen) atoms. The quantitative estimate of drug-likeness (QED) is 0.478. The molecular formula is C25H32ClFN4O4. The fraction of sp³-hybridized carbons (Fsp3) is 0.560. The van der Waals surface area contributed by atoms with E-state index in [1.807, 2.05) is 0 Å². The molecule has 3 heterocycles. The number of hydrogen-bond donors (Lipinski definition) is 2. The molecule has 1 amide bonds. The Morgan fingerprint density at radius 2 is 1.86 bits per heavy atom. The van der Waals surface area contributed by atoms with E-state index < -0.39 is 11.2 Å². The van der Waals surface area contributed by atoms with Gasteiger partial charge in [0.15, 0.2) is 0 Å². The van der Waals surface area contributed by atoms with E-state index in [9.17, 15) is 19.4 Å². The molecular weight excluding hydrogens is 475 g/mol. The number of ether oxygens (including phenoxy) is 1. The Morgan fingerprint density at radius 3 is 2.49 bits per heavy atom. The number of piperidine rings is 1. The minimum absolute atomic E-state index is 0.0567. The van der Waals surface area contributed by atoms with Gasteiger partial charge in [-0.1, -0.05) is 17.7 Å². The van der Waals surface area contributed by atoms with E-state index in [4.69, 9.17) is 16.3 Å². The third-order valence-corrected chi connectivity index (χ3v) is 7.17. The predicted molar refractivity (Wildman–Crippen MR) is 130 cm³/mol. The van der Waals surface area contributed by atoms with E-state index in [0.717, 1.165) is 44.7 Å². The fourth-order valence-corrected chi connectivity index (χ4v) is 4.78. The first kappa shape index (κ1) is 25.6. The van der Waals surface area contributed by atoms with Crippen LogP contribution in [0.25, 0.3) is 0 Å². The van der Waals surface area contributed by atoms with Crippen molar-refractivity contribution >= 4 is 23.5 Å². The van der Waals surface area contributed by atoms with Gasteiger partial charge in [-0.15, -0.1) is 0 Å². The molecule has 2 aromatic rings. The number of hydrogen-bond acceptors (Lipinski definition) is 7. The summed E-state index contributed by atoms with van der Waals surface area (Å²) in [6.45, 7) is 2.56. The minimum Gasteiger partial charge on any atom is -0.493 e. The zero-order valence-electron chi connectivity index (χ0n) is 19.7. The number of carbonyl (C=O) groups is 1. The van der Waals surface area contributed by atoms with Crippen LogP contribution in [0, 0.1) is 17.2 Å². The molecule has 1 aromatic carbocycles. The Labute approximate surface area is 209 Å². The molecule has 0 spiro atoms. The SMILES string of the molecule is O=C(Cc1ccc(OCCCC2CCN(c3ncc(Cl)cn3)CC2)cc1F)N1CC(CO)(CO)C1. The van der Waals surface area contributed by atoms with Gasteiger partial charge in [0.25, 0.3) is 0 Å². The Morgan fingerprint density at radius 1 is 1.17 bits per heavy atom. The highest BCUT2D eigenvalue weighted by molar-refractivity contribution is 6.30. The van der Waals surface area contributed by atoms with Crippen molar-refractivity contribution in [2.45, 2.75) is 32.1 Å². The average Bonchev–Trinajstić information content (AvgIpc) is 2.84. The lowest BCUT2D eigenvalue weighted by molar-refractivity contribution is -0.149. The molecule has 0 aliphatic carbocycles. The summed E-state index contributed by atoms with van der Waals surface area (Å²) in [6.07, 6.45) is 7.25. The van der Waals surface area contributed by atoms with Crippen LogP contribution in [0.5, 0.6) is 5.75 Å². The van der Waals surface area contributed by atoms with Crippen LogP contribution in [0.15, 0.2) is 30.6 Å². The van der Waals surface area contributed by atoms with E-state index in [2.05, 4.69) is 14.9 Å². The molecule has 1 aromatic heterocycles. The summed E-state index contributed by atoms with van der Waals surface area (Å²) < 4.78 is 20.3. The molecule has 4 rings (SSSR count). The molecule has 2 aliphatic heterocycles. The van der Waals surface area contributed by atoms with Gasteiger partial charge in [0, 0.05) is 32.2 Å². The van der Waals surface area contributed by atoms with Gasteiger partial charge in [0.1, 0.15) is 11.6 Å². The minimum atomic E-state index is -0.631. The second kappa shape index (κ2) is 11.5. The van der Waals surface area contributed by atoms with Crippen LogP contribution >= 0.6 is 11.6 Å². The number of aliphatic hydroxyl groups excluding tert-OH is 2. The van der Waals surface area contributed by atoms with E-state index >= 15 is 0 Å². The van der Waals surface area contributed by atoms with Crippen LogP contribution in [0.4, 0.5) is 10.3 Å². The third-order valence-electron chi connectivity index (χ3n) is 6.97. The summed E-state index contributed by atoms with van der Waals surface area (Å²) in [6, 6.07) is 4.61. The number of halogens is 2. The highest BCUT2D eigenvalue weighted by Gasteiger charge is 2.44. The zero-order valence-corrected chi connectivity index (χ0v) is 20.5. The van der Waals surface area contributed by atoms with Gasteiger partial charge in [0.2, 0.25) is 11.9 Å². The average molecular weight is 507 g/mol. The standard InChI is InChI=1S/C25H32ClFN4O4/c26-20-12-28-24(29-13-20)30-7-5-18(6-8-30)2-1-9-35-21-4-3-19(22(27)11-21)10-23(34)31-14-25(15-31,16-32)17-33/h3-4,11-13,18,32-33H,1-2,5-10,14-17H2. The van der Waals surface area contributed by atoms with E-state index in [0.29, 0.717) is 28.9 Å². The van der Waals surface area contributed by atoms with Crippen molar-refractivity contribution in [3.63, 3.8) is 0 Å². The number of benzene rings is 1. The fourth-order valence-electron chi connectivity index (χ4n) is 4.68. The predicted octanol–water partition coefficient (Wildman–Crippen LogP) is 2.70. The highest BCUT2D eigenvalue weighted by atomic mass is 35.5. The zero-order chi connectivity index (χ0) is 24.8. The molecule has 0 bridgehead atoms. The van der Waals surface area contributed by atoms with Crippen molar-refractivity contribution in [1.29, 1.82) is 0 Å². The van der Waals surface area contributed by atoms with E-state index in [1.165, 1.54) is 11.0 Å². The summed E-state index contributed by atoms with van der Waals surface area (Å²) in [7, 11) is 0. The van der Waals surface area contributed by atoms with E-state index in [-0.39, 0.29) is 38.6 Å². The molecule has 0 saturated carbocycles. The van der Waals surface area contributed by atoms with Crippen LogP contribution in [0.2, 0.25) is 5.02 Å². The lowest BCUT2D eigenvalue weighted by Crippen LogP contribution is -2.62. The summed E-state index contributed by atoms with van der Waals surface area (Å²) in [4.78, 5) is 24.7. The van der Waals surface area contributed by atoms with Crippen molar-refractivity contribution in [3.05, 3.63) is 47.0 Å². The number of rotatable bonds is 10. The molecule has 10 heteroatoms. The van der Waals surface area contributed by atoms with Crippen molar-refractivity contribution in [2.24, 2.45) is 11.3 Å². The van der Waals surface area contributed by atoms with Crippen LogP contribution in [-0.4, -0.2) is 77.0 Å². The van der Waals surface area contributed by atoms with Gasteiger partial charge in [-0.3, -0.25) is 4.79 Å². The molecule has 8 nitrogen and oxygen atoms in total. The third kappa shape index (κ3) is 6.39. The molecule has 2 aliphatic rings. The second-order valence-corrected chi connectivity index (χ2v) is 10.1. The lowest BCUT2D eigenvalue weighted by Gasteiger charge is -2.48. The Hall–Kier alpha value is -2.49. The summed E-state index contributed by atoms with van der Waals surface area (Å²) in [5.41, 5.74) is -0.321. The number of carbonyl (C=O) groups excluding carboxylic acids is 1. The monoisotopic (exact) mass is 506 g/mol. The molecule has 2 N–H and O–H groups in total. The maximum atomic E-state index is 14.5. The molecule has 190 valence electrons. The topological polar surface area (TPSA) is 99.0 Å². The Kier molecular flexibility index (Phi) is 8.41. The first-order valence-corrected chi connectivity index (χ1v) is 12.4. The Bertz CT molecular complexity index is 989.